The van der Waals surface area contributed by atoms with E-state index < -0.39 is 0 Å². The van der Waals surface area contributed by atoms with Crippen LogP contribution in [0.25, 0.3) is 0 Å². The lowest BCUT2D eigenvalue weighted by Gasteiger charge is -2.23. The third-order valence-corrected chi connectivity index (χ3v) is 3.42. The van der Waals surface area contributed by atoms with Crippen LogP contribution in [-0.2, 0) is 4.74 Å². The van der Waals surface area contributed by atoms with Gasteiger partial charge in [-0.3, -0.25) is 5.84 Å². The summed E-state index contributed by atoms with van der Waals surface area (Å²) in [5.41, 5.74) is 4.54. The molecule has 3 N–H and O–H groups in total. The van der Waals surface area contributed by atoms with Crippen LogP contribution in [0, 0.1) is 5.82 Å². The smallest absolute Gasteiger partial charge is 0.137 e. The maximum atomic E-state index is 13.5. The highest BCUT2D eigenvalue weighted by molar-refractivity contribution is 9.10. The maximum Gasteiger partial charge on any atom is 0.137 e. The predicted octanol–water partition coefficient (Wildman–Crippen LogP) is 2.79. The highest BCUT2D eigenvalue weighted by Gasteiger charge is 2.18. The Kier molecular flexibility index (Phi) is 4.15. The number of hydrogen-bond donors (Lipinski definition) is 2. The number of hydrazine groups is 1. The summed E-state index contributed by atoms with van der Waals surface area (Å²) in [6, 6.07) is 4.80. The Morgan fingerprint density at radius 3 is 2.88 bits per heavy atom. The van der Waals surface area contributed by atoms with Gasteiger partial charge in [0.25, 0.3) is 0 Å². The van der Waals surface area contributed by atoms with Crippen molar-refractivity contribution in [2.45, 2.75) is 18.9 Å². The van der Waals surface area contributed by atoms with Crippen LogP contribution < -0.4 is 11.3 Å². The van der Waals surface area contributed by atoms with Crippen molar-refractivity contribution >= 4 is 15.9 Å². The molecule has 0 aliphatic carbocycles. The van der Waals surface area contributed by atoms with Gasteiger partial charge < -0.3 is 4.74 Å². The fraction of sp³-hybridized carbons (Fsp3) is 0.333. The van der Waals surface area contributed by atoms with Gasteiger partial charge in [0.1, 0.15) is 5.82 Å². The molecule has 17 heavy (non-hydrogen) atoms. The molecule has 0 radical (unpaired) electrons. The monoisotopic (exact) mass is 300 g/mol. The first-order valence-electron chi connectivity index (χ1n) is 5.44. The molecule has 1 aliphatic heterocycles. The third-order valence-electron chi connectivity index (χ3n) is 2.78. The summed E-state index contributed by atoms with van der Waals surface area (Å²) in [5, 5.41) is 0. The maximum absolute atomic E-state index is 13.5. The Bertz CT molecular complexity index is 437. The second-order valence-corrected chi connectivity index (χ2v) is 4.79. The zero-order chi connectivity index (χ0) is 12.3. The first-order chi connectivity index (χ1) is 8.22. The Balaban J connectivity index is 2.28. The van der Waals surface area contributed by atoms with Gasteiger partial charge in [0.05, 0.1) is 23.4 Å². The lowest BCUT2D eigenvalue weighted by atomic mass is 9.96. The largest absolute Gasteiger partial charge is 0.501 e. The number of nitrogens with one attached hydrogen (secondary N) is 1. The molecule has 3 nitrogen and oxygen atoms in total. The van der Waals surface area contributed by atoms with Crippen molar-refractivity contribution in [3.63, 3.8) is 0 Å². The van der Waals surface area contributed by atoms with Gasteiger partial charge in [0.15, 0.2) is 0 Å². The third kappa shape index (κ3) is 2.86. The van der Waals surface area contributed by atoms with Crippen LogP contribution >= 0.6 is 15.9 Å². The molecule has 1 aromatic rings. The van der Waals surface area contributed by atoms with Crippen LogP contribution in [0.3, 0.4) is 0 Å². The van der Waals surface area contributed by atoms with Gasteiger partial charge in [-0.1, -0.05) is 6.07 Å². The van der Waals surface area contributed by atoms with E-state index in [2.05, 4.69) is 21.4 Å². The fourth-order valence-electron chi connectivity index (χ4n) is 1.91. The summed E-state index contributed by atoms with van der Waals surface area (Å²) in [4.78, 5) is 0. The van der Waals surface area contributed by atoms with E-state index >= 15 is 0 Å². The van der Waals surface area contributed by atoms with E-state index in [-0.39, 0.29) is 11.9 Å². The van der Waals surface area contributed by atoms with Crippen LogP contribution in [-0.4, -0.2) is 6.61 Å². The van der Waals surface area contributed by atoms with Crippen LogP contribution in [0.1, 0.15) is 24.4 Å². The standard InChI is InChI=1S/C12H14BrFN2O/c13-10-4-3-8(6-11(10)14)12(16-15)9-2-1-5-17-7-9/h3-4,6-7,12,16H,1-2,5,15H2. The molecule has 1 unspecified atom stereocenters. The zero-order valence-electron chi connectivity index (χ0n) is 9.25. The molecule has 1 aromatic carbocycles. The number of rotatable bonds is 3. The van der Waals surface area contributed by atoms with Gasteiger partial charge in [0, 0.05) is 0 Å². The SMILES string of the molecule is NNC(C1=COCCC1)c1ccc(Br)c(F)c1. The first kappa shape index (κ1) is 12.5. The molecule has 0 fully saturated rings. The minimum Gasteiger partial charge on any atom is -0.501 e. The van der Waals surface area contributed by atoms with Gasteiger partial charge in [-0.05, 0) is 52.0 Å². The van der Waals surface area contributed by atoms with E-state index in [1.54, 1.807) is 12.3 Å². The molecule has 0 amide bonds. The summed E-state index contributed by atoms with van der Waals surface area (Å²) in [5.74, 6) is 5.25. The quantitative estimate of drug-likeness (QED) is 0.666. The second-order valence-electron chi connectivity index (χ2n) is 3.94. The number of ether oxygens (including phenoxy) is 1. The highest BCUT2D eigenvalue weighted by Crippen LogP contribution is 2.29. The Hall–Kier alpha value is -0.910. The van der Waals surface area contributed by atoms with Gasteiger partial charge in [-0.15, -0.1) is 0 Å². The van der Waals surface area contributed by atoms with Gasteiger partial charge >= 0.3 is 0 Å². The van der Waals surface area contributed by atoms with Gasteiger partial charge in [-0.25, -0.2) is 9.82 Å². The van der Waals surface area contributed by atoms with E-state index in [1.165, 1.54) is 6.07 Å². The summed E-state index contributed by atoms with van der Waals surface area (Å²) >= 11 is 3.13. The van der Waals surface area contributed by atoms with E-state index in [9.17, 15) is 4.39 Å². The summed E-state index contributed by atoms with van der Waals surface area (Å²) in [7, 11) is 0. The molecule has 5 heteroatoms. The Labute approximate surface area is 108 Å². The molecule has 92 valence electrons. The van der Waals surface area contributed by atoms with Crippen molar-refractivity contribution in [2.24, 2.45) is 5.84 Å². The molecule has 2 rings (SSSR count). The number of benzene rings is 1. The van der Waals surface area contributed by atoms with Crippen LogP contribution in [0.15, 0.2) is 34.5 Å². The average molecular weight is 301 g/mol. The van der Waals surface area contributed by atoms with Gasteiger partial charge in [-0.2, -0.15) is 0 Å². The highest BCUT2D eigenvalue weighted by atomic mass is 79.9. The molecule has 1 heterocycles. The van der Waals surface area contributed by atoms with E-state index in [0.29, 0.717) is 4.47 Å². The second kappa shape index (κ2) is 5.62. The molecule has 0 bridgehead atoms. The van der Waals surface area contributed by atoms with Crippen molar-refractivity contribution in [3.8, 4) is 0 Å². The number of hydrogen-bond acceptors (Lipinski definition) is 3. The van der Waals surface area contributed by atoms with Crippen LogP contribution in [0.4, 0.5) is 4.39 Å². The topological polar surface area (TPSA) is 47.3 Å². The number of nitrogens with two attached hydrogens (primary N) is 1. The van der Waals surface area contributed by atoms with Crippen LogP contribution in [0.5, 0.6) is 0 Å². The lowest BCUT2D eigenvalue weighted by Crippen LogP contribution is -2.30. The molecule has 0 saturated heterocycles. The van der Waals surface area contributed by atoms with E-state index in [4.69, 9.17) is 10.6 Å². The molecule has 1 atom stereocenters. The molecular weight excluding hydrogens is 287 g/mol. The molecule has 1 aliphatic rings. The van der Waals surface area contributed by atoms with E-state index in [0.717, 1.165) is 30.6 Å². The fourth-order valence-corrected chi connectivity index (χ4v) is 2.15. The minimum absolute atomic E-state index is 0.196. The summed E-state index contributed by atoms with van der Waals surface area (Å²) in [6.07, 6.45) is 3.59. The zero-order valence-corrected chi connectivity index (χ0v) is 10.8. The van der Waals surface area contributed by atoms with Crippen molar-refractivity contribution in [1.29, 1.82) is 0 Å². The minimum atomic E-state index is -0.292. The molecule has 0 aromatic heterocycles. The first-order valence-corrected chi connectivity index (χ1v) is 6.23. The predicted molar refractivity (Wildman–Crippen MR) is 67.4 cm³/mol. The van der Waals surface area contributed by atoms with Crippen molar-refractivity contribution < 1.29 is 9.13 Å². The Morgan fingerprint density at radius 1 is 1.47 bits per heavy atom. The Morgan fingerprint density at radius 2 is 2.29 bits per heavy atom. The van der Waals surface area contributed by atoms with Crippen molar-refractivity contribution in [3.05, 3.63) is 45.9 Å². The lowest BCUT2D eigenvalue weighted by molar-refractivity contribution is 0.219. The van der Waals surface area contributed by atoms with Crippen molar-refractivity contribution in [2.75, 3.05) is 6.61 Å². The number of halogens is 2. The van der Waals surface area contributed by atoms with Crippen molar-refractivity contribution in [1.82, 2.24) is 5.43 Å². The molecular formula is C12H14BrFN2O. The molecule has 0 spiro atoms. The average Bonchev–Trinajstić information content (AvgIpc) is 2.36. The van der Waals surface area contributed by atoms with Crippen LogP contribution in [0.2, 0.25) is 0 Å². The molecule has 0 saturated carbocycles. The van der Waals surface area contributed by atoms with Gasteiger partial charge in [0.2, 0.25) is 0 Å². The summed E-state index contributed by atoms with van der Waals surface area (Å²) < 4.78 is 19.2. The van der Waals surface area contributed by atoms with E-state index in [1.807, 2.05) is 6.07 Å². The summed E-state index contributed by atoms with van der Waals surface area (Å²) in [6.45, 7) is 0.732. The normalized spacial score (nSPS) is 17.2.